The number of aliphatic hydroxyl groups is 1. The third kappa shape index (κ3) is 4.00. The van der Waals surface area contributed by atoms with Crippen molar-refractivity contribution < 1.29 is 15.0 Å². The van der Waals surface area contributed by atoms with Gasteiger partial charge in [0.25, 0.3) is 5.91 Å². The summed E-state index contributed by atoms with van der Waals surface area (Å²) in [5.41, 5.74) is 0.306. The van der Waals surface area contributed by atoms with Gasteiger partial charge in [0, 0.05) is 32.7 Å². The Morgan fingerprint density at radius 1 is 1.00 bits per heavy atom. The number of carbonyl (C=O) groups is 1. The second-order valence-corrected chi connectivity index (χ2v) is 6.73. The zero-order chi connectivity index (χ0) is 17.9. The van der Waals surface area contributed by atoms with Crippen LogP contribution in [0.4, 0.5) is 0 Å². The third-order valence-corrected chi connectivity index (χ3v) is 4.72. The van der Waals surface area contributed by atoms with E-state index in [1.54, 1.807) is 23.1 Å². The van der Waals surface area contributed by atoms with Gasteiger partial charge in [0.2, 0.25) is 0 Å². The lowest BCUT2D eigenvalue weighted by atomic mass is 9.95. The molecule has 0 unspecified atom stereocenters. The van der Waals surface area contributed by atoms with Crippen LogP contribution in [0.3, 0.4) is 0 Å². The van der Waals surface area contributed by atoms with Crippen molar-refractivity contribution in [2.45, 2.75) is 12.5 Å². The predicted molar refractivity (Wildman–Crippen MR) is 96.5 cm³/mol. The molecule has 25 heavy (non-hydrogen) atoms. The molecule has 0 bridgehead atoms. The van der Waals surface area contributed by atoms with Gasteiger partial charge in [-0.25, -0.2) is 0 Å². The number of β-amino-alcohol motifs (C(OH)–C–C–N with tert-alkyl or cyclic N) is 1. The van der Waals surface area contributed by atoms with Crippen molar-refractivity contribution in [3.8, 4) is 5.75 Å². The Kier molecular flexibility index (Phi) is 5.06. The third-order valence-electron chi connectivity index (χ3n) is 4.72. The van der Waals surface area contributed by atoms with Crippen molar-refractivity contribution in [2.24, 2.45) is 0 Å². The lowest BCUT2D eigenvalue weighted by Gasteiger charge is -2.38. The molecule has 0 aromatic heterocycles. The Labute approximate surface area is 148 Å². The van der Waals surface area contributed by atoms with Crippen LogP contribution in [0, 0.1) is 0 Å². The van der Waals surface area contributed by atoms with Crippen LogP contribution in [0.1, 0.15) is 22.8 Å². The fourth-order valence-corrected chi connectivity index (χ4v) is 3.26. The van der Waals surface area contributed by atoms with Crippen LogP contribution in [0.5, 0.6) is 5.75 Å². The van der Waals surface area contributed by atoms with Gasteiger partial charge < -0.3 is 15.1 Å². The summed E-state index contributed by atoms with van der Waals surface area (Å²) in [6, 6.07) is 16.3. The van der Waals surface area contributed by atoms with Crippen molar-refractivity contribution in [3.05, 3.63) is 65.7 Å². The van der Waals surface area contributed by atoms with Gasteiger partial charge in [0.15, 0.2) is 0 Å². The van der Waals surface area contributed by atoms with E-state index in [0.29, 0.717) is 38.3 Å². The molecule has 1 saturated heterocycles. The van der Waals surface area contributed by atoms with E-state index in [9.17, 15) is 15.0 Å². The maximum atomic E-state index is 12.5. The minimum absolute atomic E-state index is 0.0157. The van der Waals surface area contributed by atoms with E-state index in [4.69, 9.17) is 0 Å². The van der Waals surface area contributed by atoms with E-state index in [1.807, 2.05) is 37.3 Å². The highest BCUT2D eigenvalue weighted by Gasteiger charge is 2.29. The summed E-state index contributed by atoms with van der Waals surface area (Å²) < 4.78 is 0. The number of phenolic OH excluding ortho intramolecular Hbond substituents is 1. The average Bonchev–Trinajstić information content (AvgIpc) is 2.63. The molecule has 1 amide bonds. The van der Waals surface area contributed by atoms with Gasteiger partial charge in [0.1, 0.15) is 5.75 Å². The van der Waals surface area contributed by atoms with Crippen molar-refractivity contribution in [3.63, 3.8) is 0 Å². The molecular formula is C20H24N2O3. The molecule has 0 radical (unpaired) electrons. The Morgan fingerprint density at radius 2 is 1.60 bits per heavy atom. The van der Waals surface area contributed by atoms with Crippen LogP contribution >= 0.6 is 0 Å². The van der Waals surface area contributed by atoms with Crippen LogP contribution in [0.2, 0.25) is 0 Å². The van der Waals surface area contributed by atoms with Gasteiger partial charge in [-0.3, -0.25) is 9.69 Å². The number of para-hydroxylation sites is 1. The van der Waals surface area contributed by atoms with Gasteiger partial charge in [-0.15, -0.1) is 0 Å². The van der Waals surface area contributed by atoms with E-state index in [1.165, 1.54) is 6.07 Å². The number of benzene rings is 2. The van der Waals surface area contributed by atoms with Gasteiger partial charge >= 0.3 is 0 Å². The van der Waals surface area contributed by atoms with E-state index in [2.05, 4.69) is 4.90 Å². The number of carbonyl (C=O) groups excluding carboxylic acids is 1. The summed E-state index contributed by atoms with van der Waals surface area (Å²) >= 11 is 0. The Balaban J connectivity index is 1.59. The number of amides is 1. The molecule has 2 aromatic carbocycles. The molecule has 3 rings (SSSR count). The first-order valence-corrected chi connectivity index (χ1v) is 8.55. The number of phenols is 1. The van der Waals surface area contributed by atoms with Crippen LogP contribution < -0.4 is 0 Å². The minimum atomic E-state index is -0.925. The molecule has 2 N–H and O–H groups in total. The molecular weight excluding hydrogens is 316 g/mol. The quantitative estimate of drug-likeness (QED) is 0.894. The normalized spacial score (nSPS) is 17.9. The van der Waals surface area contributed by atoms with Gasteiger partial charge in [-0.2, -0.15) is 0 Å². The lowest BCUT2D eigenvalue weighted by Crippen LogP contribution is -2.51. The van der Waals surface area contributed by atoms with E-state index in [0.717, 1.165) is 5.56 Å². The molecule has 1 atom stereocenters. The van der Waals surface area contributed by atoms with Gasteiger partial charge in [-0.05, 0) is 24.6 Å². The molecule has 1 fully saturated rings. The topological polar surface area (TPSA) is 64.0 Å². The zero-order valence-electron chi connectivity index (χ0n) is 14.4. The first-order chi connectivity index (χ1) is 12.0. The number of rotatable bonds is 4. The number of aromatic hydroxyl groups is 1. The number of piperazine rings is 1. The molecule has 0 spiro atoms. The van der Waals surface area contributed by atoms with Crippen molar-refractivity contribution in [2.75, 3.05) is 32.7 Å². The Morgan fingerprint density at radius 3 is 2.24 bits per heavy atom. The van der Waals surface area contributed by atoms with Crippen molar-refractivity contribution >= 4 is 5.91 Å². The van der Waals surface area contributed by atoms with Crippen LogP contribution in [0.25, 0.3) is 0 Å². The molecule has 2 aromatic rings. The maximum Gasteiger partial charge on any atom is 0.257 e. The SMILES string of the molecule is C[C@@](O)(CN1CCN(C(=O)c2ccccc2O)CC1)c1ccccc1. The molecule has 0 aliphatic carbocycles. The monoisotopic (exact) mass is 340 g/mol. The first kappa shape index (κ1) is 17.5. The molecule has 132 valence electrons. The van der Waals surface area contributed by atoms with Gasteiger partial charge in [-0.1, -0.05) is 42.5 Å². The summed E-state index contributed by atoms with van der Waals surface area (Å²) in [5, 5.41) is 20.6. The molecule has 1 aliphatic heterocycles. The average molecular weight is 340 g/mol. The summed E-state index contributed by atoms with van der Waals surface area (Å²) in [6.45, 7) is 4.90. The molecule has 5 heteroatoms. The summed E-state index contributed by atoms with van der Waals surface area (Å²) in [4.78, 5) is 16.5. The van der Waals surface area contributed by atoms with E-state index >= 15 is 0 Å². The molecule has 1 aliphatic rings. The van der Waals surface area contributed by atoms with Crippen LogP contribution in [0.15, 0.2) is 54.6 Å². The van der Waals surface area contributed by atoms with E-state index < -0.39 is 5.60 Å². The highest BCUT2D eigenvalue weighted by Crippen LogP contribution is 2.23. The summed E-state index contributed by atoms with van der Waals surface area (Å²) in [7, 11) is 0. The van der Waals surface area contributed by atoms with E-state index in [-0.39, 0.29) is 11.7 Å². The molecule has 0 saturated carbocycles. The summed E-state index contributed by atoms with van der Waals surface area (Å²) in [5.74, 6) is -0.130. The zero-order valence-corrected chi connectivity index (χ0v) is 14.4. The van der Waals surface area contributed by atoms with Crippen molar-refractivity contribution in [1.82, 2.24) is 9.80 Å². The largest absolute Gasteiger partial charge is 0.507 e. The second-order valence-electron chi connectivity index (χ2n) is 6.73. The number of hydrogen-bond acceptors (Lipinski definition) is 4. The smallest absolute Gasteiger partial charge is 0.257 e. The second kappa shape index (κ2) is 7.25. The Bertz CT molecular complexity index is 723. The number of hydrogen-bond donors (Lipinski definition) is 2. The fourth-order valence-electron chi connectivity index (χ4n) is 3.26. The lowest BCUT2D eigenvalue weighted by molar-refractivity contribution is 0.00169. The summed E-state index contributed by atoms with van der Waals surface area (Å²) in [6.07, 6.45) is 0. The van der Waals surface area contributed by atoms with Crippen molar-refractivity contribution in [1.29, 1.82) is 0 Å². The predicted octanol–water partition coefficient (Wildman–Crippen LogP) is 2.06. The highest BCUT2D eigenvalue weighted by molar-refractivity contribution is 5.96. The Hall–Kier alpha value is -2.37. The molecule has 1 heterocycles. The fraction of sp³-hybridized carbons (Fsp3) is 0.350. The highest BCUT2D eigenvalue weighted by atomic mass is 16.3. The van der Waals surface area contributed by atoms with Crippen LogP contribution in [-0.2, 0) is 5.60 Å². The molecule has 5 nitrogen and oxygen atoms in total. The first-order valence-electron chi connectivity index (χ1n) is 8.55. The number of nitrogens with zero attached hydrogens (tertiary/aromatic N) is 2. The minimum Gasteiger partial charge on any atom is -0.507 e. The standard InChI is InChI=1S/C20H24N2O3/c1-20(25,16-7-3-2-4-8-16)15-21-11-13-22(14-12-21)19(24)17-9-5-6-10-18(17)23/h2-10,23,25H,11-15H2,1H3/t20-/m1/s1. The van der Waals surface area contributed by atoms with Gasteiger partial charge in [0.05, 0.1) is 11.2 Å². The van der Waals surface area contributed by atoms with Crippen LogP contribution in [-0.4, -0.2) is 58.6 Å². The maximum absolute atomic E-state index is 12.5.